The average molecular weight is 690 g/mol. The molecule has 0 saturated carbocycles. The summed E-state index contributed by atoms with van der Waals surface area (Å²) in [4.78, 5) is 68.3. The van der Waals surface area contributed by atoms with Crippen LogP contribution in [0.3, 0.4) is 0 Å². The fourth-order valence-corrected chi connectivity index (χ4v) is 7.75. The van der Waals surface area contributed by atoms with E-state index in [0.29, 0.717) is 36.7 Å². The number of carbonyl (C=O) groups excluding carboxylic acids is 3. The SMILES string of the molecule is CN(C)c1ccc(/C=C/C(=O)N2CCC(N(C)C(=O)c3cc4ccccc4cc3C(=O)C(c3cccc4ccccc34)P(=O)(O)O)CC2)cc1. The molecule has 0 radical (unpaired) electrons. The molecule has 50 heavy (non-hydrogen) atoms. The zero-order valence-electron chi connectivity index (χ0n) is 28.3. The molecule has 1 aliphatic rings. The second-order valence-electron chi connectivity index (χ2n) is 13.0. The van der Waals surface area contributed by atoms with Gasteiger partial charge in [-0.3, -0.25) is 18.9 Å². The topological polar surface area (TPSA) is 118 Å². The van der Waals surface area contributed by atoms with Gasteiger partial charge in [0, 0.05) is 57.6 Å². The van der Waals surface area contributed by atoms with E-state index in [2.05, 4.69) is 0 Å². The minimum absolute atomic E-state index is 0.0434. The second-order valence-corrected chi connectivity index (χ2v) is 14.7. The minimum atomic E-state index is -5.05. The summed E-state index contributed by atoms with van der Waals surface area (Å²) >= 11 is 0. The summed E-state index contributed by atoms with van der Waals surface area (Å²) in [6.45, 7) is 0.909. The van der Waals surface area contributed by atoms with Gasteiger partial charge in [0.05, 0.1) is 5.56 Å². The molecule has 10 heteroatoms. The van der Waals surface area contributed by atoms with Crippen LogP contribution in [-0.4, -0.2) is 77.5 Å². The Labute approximate surface area is 291 Å². The Morgan fingerprint density at radius 3 is 1.98 bits per heavy atom. The molecule has 2 N–H and O–H groups in total. The minimum Gasteiger partial charge on any atom is -0.378 e. The van der Waals surface area contributed by atoms with E-state index in [0.717, 1.165) is 22.0 Å². The van der Waals surface area contributed by atoms with E-state index in [1.165, 1.54) is 0 Å². The molecule has 5 aromatic rings. The first kappa shape index (κ1) is 34.8. The number of rotatable bonds is 9. The van der Waals surface area contributed by atoms with Crippen molar-refractivity contribution in [3.05, 3.63) is 131 Å². The smallest absolute Gasteiger partial charge is 0.340 e. The van der Waals surface area contributed by atoms with Crippen molar-refractivity contribution in [3.63, 3.8) is 0 Å². The summed E-state index contributed by atoms with van der Waals surface area (Å²) in [6.07, 6.45) is 4.44. The van der Waals surface area contributed by atoms with Crippen LogP contribution in [0.5, 0.6) is 0 Å². The van der Waals surface area contributed by atoms with Gasteiger partial charge >= 0.3 is 7.60 Å². The standard InChI is InChI=1S/C40H40N3O6P/c1-41(2)31-18-15-27(16-19-31)17-20-37(44)43-23-21-32(22-24-43)42(3)40(46)36-26-30-11-5-4-10-29(30)25-35(36)38(45)39(50(47,48)49)34-14-8-12-28-9-6-7-13-33(28)34/h4-20,25-26,32,39H,21-24H2,1-3H3,(H2,47,48,49)/b20-17+. The molecule has 256 valence electrons. The lowest BCUT2D eigenvalue weighted by Gasteiger charge is -2.36. The molecule has 0 spiro atoms. The van der Waals surface area contributed by atoms with E-state index in [-0.39, 0.29) is 28.6 Å². The van der Waals surface area contributed by atoms with Crippen molar-refractivity contribution in [3.8, 4) is 0 Å². The molecule has 0 aliphatic carbocycles. The van der Waals surface area contributed by atoms with Crippen LogP contribution >= 0.6 is 7.60 Å². The highest BCUT2D eigenvalue weighted by Crippen LogP contribution is 2.55. The van der Waals surface area contributed by atoms with Gasteiger partial charge in [0.25, 0.3) is 5.91 Å². The number of hydrogen-bond acceptors (Lipinski definition) is 5. The number of benzene rings is 5. The number of anilines is 1. The maximum absolute atomic E-state index is 14.4. The molecule has 1 aliphatic heterocycles. The molecule has 1 heterocycles. The van der Waals surface area contributed by atoms with Crippen molar-refractivity contribution < 1.29 is 28.7 Å². The fourth-order valence-electron chi connectivity index (χ4n) is 6.72. The van der Waals surface area contributed by atoms with Gasteiger partial charge < -0.3 is 24.5 Å². The van der Waals surface area contributed by atoms with Gasteiger partial charge in [-0.25, -0.2) is 0 Å². The highest BCUT2D eigenvalue weighted by atomic mass is 31.2. The summed E-state index contributed by atoms with van der Waals surface area (Å²) in [7, 11) is 0.566. The molecule has 1 saturated heterocycles. The van der Waals surface area contributed by atoms with Crippen LogP contribution in [0.4, 0.5) is 5.69 Å². The van der Waals surface area contributed by atoms with E-state index in [1.54, 1.807) is 77.5 Å². The Morgan fingerprint density at radius 2 is 1.36 bits per heavy atom. The van der Waals surface area contributed by atoms with E-state index in [9.17, 15) is 28.7 Å². The van der Waals surface area contributed by atoms with Crippen molar-refractivity contribution in [2.75, 3.05) is 39.1 Å². The number of hydrogen-bond donors (Lipinski definition) is 2. The van der Waals surface area contributed by atoms with Crippen LogP contribution in [0.15, 0.2) is 109 Å². The molecular weight excluding hydrogens is 649 g/mol. The maximum atomic E-state index is 14.4. The molecule has 2 amide bonds. The summed E-state index contributed by atoms with van der Waals surface area (Å²) in [6, 6.07) is 30.3. The fraction of sp³-hybridized carbons (Fsp3) is 0.225. The average Bonchev–Trinajstić information content (AvgIpc) is 3.12. The van der Waals surface area contributed by atoms with Gasteiger partial charge in [0.1, 0.15) is 5.66 Å². The van der Waals surface area contributed by atoms with E-state index >= 15 is 0 Å². The largest absolute Gasteiger partial charge is 0.378 e. The number of Topliss-reactive ketones (excluding diaryl/α,β-unsaturated/α-hetero) is 1. The van der Waals surface area contributed by atoms with Crippen molar-refractivity contribution in [2.45, 2.75) is 24.5 Å². The number of likely N-dealkylation sites (tertiary alicyclic amines) is 1. The molecule has 6 rings (SSSR count). The Bertz CT molecular complexity index is 2140. The highest BCUT2D eigenvalue weighted by molar-refractivity contribution is 7.53. The summed E-state index contributed by atoms with van der Waals surface area (Å²) in [5.74, 6) is -1.35. The predicted molar refractivity (Wildman–Crippen MR) is 199 cm³/mol. The first-order valence-corrected chi connectivity index (χ1v) is 18.2. The number of piperidine rings is 1. The first-order valence-electron chi connectivity index (χ1n) is 16.5. The van der Waals surface area contributed by atoms with E-state index < -0.39 is 24.9 Å². The molecule has 1 fully saturated rings. The van der Waals surface area contributed by atoms with Crippen LogP contribution < -0.4 is 4.90 Å². The number of ketones is 1. The molecular formula is C40H40N3O6P. The molecule has 1 atom stereocenters. The lowest BCUT2D eigenvalue weighted by molar-refractivity contribution is -0.127. The van der Waals surface area contributed by atoms with Gasteiger partial charge in [0.15, 0.2) is 5.78 Å². The Morgan fingerprint density at radius 1 is 0.780 bits per heavy atom. The quantitative estimate of drug-likeness (QED) is 0.0979. The van der Waals surface area contributed by atoms with Crippen LogP contribution in [0, 0.1) is 0 Å². The predicted octanol–water partition coefficient (Wildman–Crippen LogP) is 6.94. The number of nitrogens with zero attached hydrogens (tertiary/aromatic N) is 3. The van der Waals surface area contributed by atoms with Gasteiger partial charge in [-0.1, -0.05) is 78.9 Å². The number of fused-ring (bicyclic) bond motifs is 2. The summed E-state index contributed by atoms with van der Waals surface area (Å²) in [5, 5.41) is 2.69. The first-order chi connectivity index (χ1) is 23.9. The molecule has 0 bridgehead atoms. The van der Waals surface area contributed by atoms with Crippen LogP contribution in [0.1, 0.15) is 50.3 Å². The second kappa shape index (κ2) is 14.4. The van der Waals surface area contributed by atoms with Crippen molar-refractivity contribution in [2.24, 2.45) is 0 Å². The van der Waals surface area contributed by atoms with Gasteiger partial charge in [-0.2, -0.15) is 0 Å². The number of carbonyl (C=O) groups is 3. The van der Waals surface area contributed by atoms with E-state index in [4.69, 9.17) is 0 Å². The Kier molecular flexibility index (Phi) is 10.0. The molecule has 0 aromatic heterocycles. The zero-order chi connectivity index (χ0) is 35.6. The maximum Gasteiger partial charge on any atom is 0.340 e. The third-order valence-electron chi connectivity index (χ3n) is 9.56. The van der Waals surface area contributed by atoms with Crippen molar-refractivity contribution in [1.29, 1.82) is 0 Å². The monoisotopic (exact) mass is 689 g/mol. The molecule has 5 aromatic carbocycles. The zero-order valence-corrected chi connectivity index (χ0v) is 29.2. The Hall–Kier alpha value is -5.08. The lowest BCUT2D eigenvalue weighted by atomic mass is 9.91. The van der Waals surface area contributed by atoms with Gasteiger partial charge in [0.2, 0.25) is 5.91 Å². The third kappa shape index (κ3) is 7.26. The van der Waals surface area contributed by atoms with Gasteiger partial charge in [-0.15, -0.1) is 0 Å². The van der Waals surface area contributed by atoms with Crippen molar-refractivity contribution in [1.82, 2.24) is 9.80 Å². The Balaban J connectivity index is 1.25. The normalized spacial score (nSPS) is 14.6. The lowest BCUT2D eigenvalue weighted by Crippen LogP contribution is -2.47. The number of amides is 2. The summed E-state index contributed by atoms with van der Waals surface area (Å²) < 4.78 is 13.1. The molecule has 1 unspecified atom stereocenters. The highest BCUT2D eigenvalue weighted by Gasteiger charge is 2.40. The molecule has 9 nitrogen and oxygen atoms in total. The summed E-state index contributed by atoms with van der Waals surface area (Å²) in [5.41, 5.74) is 0.430. The van der Waals surface area contributed by atoms with Crippen LogP contribution in [0.25, 0.3) is 27.6 Å². The van der Waals surface area contributed by atoms with Crippen molar-refractivity contribution >= 4 is 58.5 Å². The third-order valence-corrected chi connectivity index (χ3v) is 10.7. The van der Waals surface area contributed by atoms with Crippen LogP contribution in [0.2, 0.25) is 0 Å². The van der Waals surface area contributed by atoms with E-state index in [1.807, 2.05) is 73.6 Å². The van der Waals surface area contributed by atoms with Crippen LogP contribution in [-0.2, 0) is 9.36 Å². The van der Waals surface area contributed by atoms with Gasteiger partial charge in [-0.05, 0) is 75.9 Å².